The number of hydrogen-bond donors (Lipinski definition) is 2. The van der Waals surface area contributed by atoms with Gasteiger partial charge in [-0.3, -0.25) is 9.48 Å². The van der Waals surface area contributed by atoms with E-state index in [1.165, 1.54) is 10.9 Å². The molecular formula is C28H26Cl2FN7O4. The Hall–Kier alpha value is -4.21. The van der Waals surface area contributed by atoms with Gasteiger partial charge in [-0.2, -0.15) is 15.5 Å². The third-order valence-corrected chi connectivity index (χ3v) is 7.18. The summed E-state index contributed by atoms with van der Waals surface area (Å²) in [5.74, 6) is -0.602. The highest BCUT2D eigenvalue weighted by Crippen LogP contribution is 2.45. The molecule has 4 aromatic rings. The summed E-state index contributed by atoms with van der Waals surface area (Å²) in [4.78, 5) is 29.4. The zero-order valence-electron chi connectivity index (χ0n) is 23.4. The highest BCUT2D eigenvalue weighted by atomic mass is 35.5. The van der Waals surface area contributed by atoms with Crippen LogP contribution >= 0.6 is 23.2 Å². The van der Waals surface area contributed by atoms with E-state index in [2.05, 4.69) is 25.6 Å². The first-order chi connectivity index (χ1) is 19.8. The first kappa shape index (κ1) is 29.3. The van der Waals surface area contributed by atoms with Crippen LogP contribution in [0.4, 0.5) is 9.18 Å². The van der Waals surface area contributed by atoms with Gasteiger partial charge in [-0.05, 0) is 46.6 Å². The number of aryl methyl sites for hydroxylation is 1. The number of hydrogen-bond acceptors (Lipinski definition) is 8. The van der Waals surface area contributed by atoms with Gasteiger partial charge >= 0.3 is 6.09 Å². The molecule has 1 aliphatic carbocycles. The molecule has 14 heteroatoms. The van der Waals surface area contributed by atoms with E-state index >= 15 is 4.39 Å². The number of aromatic nitrogens is 5. The van der Waals surface area contributed by atoms with Crippen LogP contribution in [0.3, 0.4) is 0 Å². The summed E-state index contributed by atoms with van der Waals surface area (Å²) in [6.45, 7) is 6.75. The van der Waals surface area contributed by atoms with Crippen LogP contribution in [0.5, 0.6) is 5.75 Å². The first-order valence-corrected chi connectivity index (χ1v) is 13.7. The number of H-pyrrole nitrogens is 1. The van der Waals surface area contributed by atoms with E-state index in [0.717, 1.165) is 12.8 Å². The monoisotopic (exact) mass is 613 g/mol. The zero-order valence-corrected chi connectivity index (χ0v) is 24.9. The van der Waals surface area contributed by atoms with Crippen molar-refractivity contribution in [3.8, 4) is 34.3 Å². The van der Waals surface area contributed by atoms with Gasteiger partial charge in [0.05, 0.1) is 46.3 Å². The third kappa shape index (κ3) is 5.49. The molecule has 1 fully saturated rings. The maximum atomic E-state index is 15.9. The van der Waals surface area contributed by atoms with E-state index in [9.17, 15) is 14.9 Å². The molecule has 0 saturated heterocycles. The van der Waals surface area contributed by atoms with Crippen molar-refractivity contribution in [1.29, 1.82) is 5.26 Å². The molecule has 3 heterocycles. The SMILES string of the molecule is Cc1c(OC2CC2)c(C#N)c(Cl)c(F)c1-c1c(-c2cc3c(CNC(=O)OC(C)(C)C)n[nH]c(=O)c3c(Cl)n2)cnn1C. The fourth-order valence-electron chi connectivity index (χ4n) is 4.52. The number of rotatable bonds is 6. The number of nitrogens with zero attached hydrogens (tertiary/aromatic N) is 5. The Balaban J connectivity index is 1.66. The molecule has 0 bridgehead atoms. The second kappa shape index (κ2) is 10.9. The molecule has 1 amide bonds. The van der Waals surface area contributed by atoms with Gasteiger partial charge in [0.15, 0.2) is 5.82 Å². The number of ether oxygens (including phenoxy) is 2. The topological polar surface area (TPSA) is 148 Å². The fraction of sp³-hybridized carbons (Fsp3) is 0.357. The highest BCUT2D eigenvalue weighted by molar-refractivity contribution is 6.34. The van der Waals surface area contributed by atoms with Gasteiger partial charge in [-0.15, -0.1) is 0 Å². The number of carbonyl (C=O) groups is 1. The largest absolute Gasteiger partial charge is 0.489 e. The Labute approximate surface area is 249 Å². The van der Waals surface area contributed by atoms with Crippen LogP contribution in [0.15, 0.2) is 17.1 Å². The second-order valence-electron chi connectivity index (χ2n) is 10.9. The minimum atomic E-state index is -0.814. The number of amides is 1. The number of carbonyl (C=O) groups excluding carboxylic acids is 1. The van der Waals surface area contributed by atoms with Crippen molar-refractivity contribution in [2.24, 2.45) is 7.05 Å². The highest BCUT2D eigenvalue weighted by Gasteiger charge is 2.32. The van der Waals surface area contributed by atoms with Crippen molar-refractivity contribution < 1.29 is 18.7 Å². The quantitative estimate of drug-likeness (QED) is 0.268. The summed E-state index contributed by atoms with van der Waals surface area (Å²) in [5.41, 5.74) is 0.290. The van der Waals surface area contributed by atoms with Crippen molar-refractivity contribution >= 4 is 40.1 Å². The lowest BCUT2D eigenvalue weighted by molar-refractivity contribution is 0.0523. The fourth-order valence-corrected chi connectivity index (χ4v) is 5.02. The van der Waals surface area contributed by atoms with Gasteiger partial charge in [-0.1, -0.05) is 23.2 Å². The Morgan fingerprint density at radius 2 is 2.05 bits per heavy atom. The van der Waals surface area contributed by atoms with Gasteiger partial charge in [0.1, 0.15) is 28.1 Å². The van der Waals surface area contributed by atoms with E-state index in [4.69, 9.17) is 32.7 Å². The molecule has 0 atom stereocenters. The number of pyridine rings is 1. The lowest BCUT2D eigenvalue weighted by atomic mass is 9.96. The smallest absolute Gasteiger partial charge is 0.407 e. The number of aromatic amines is 1. The summed E-state index contributed by atoms with van der Waals surface area (Å²) in [6.07, 6.45) is 2.38. The first-order valence-electron chi connectivity index (χ1n) is 13.0. The van der Waals surface area contributed by atoms with Crippen LogP contribution in [-0.4, -0.2) is 42.8 Å². The zero-order chi connectivity index (χ0) is 30.5. The normalized spacial score (nSPS) is 13.2. The summed E-state index contributed by atoms with van der Waals surface area (Å²) >= 11 is 12.9. The molecule has 11 nitrogen and oxygen atoms in total. The van der Waals surface area contributed by atoms with Gasteiger partial charge in [0, 0.05) is 29.1 Å². The van der Waals surface area contributed by atoms with Crippen LogP contribution in [0.2, 0.25) is 10.2 Å². The number of halogens is 3. The molecule has 218 valence electrons. The third-order valence-electron chi connectivity index (χ3n) is 6.55. The summed E-state index contributed by atoms with van der Waals surface area (Å²) in [6, 6.07) is 3.52. The van der Waals surface area contributed by atoms with E-state index in [0.29, 0.717) is 22.2 Å². The number of nitrogens with one attached hydrogen (secondary N) is 2. The van der Waals surface area contributed by atoms with Gasteiger partial charge in [0.25, 0.3) is 5.56 Å². The number of alkyl carbamates (subject to hydrolysis) is 1. The molecule has 0 aliphatic heterocycles. The van der Waals surface area contributed by atoms with Gasteiger partial charge in [0.2, 0.25) is 0 Å². The van der Waals surface area contributed by atoms with Crippen LogP contribution in [0, 0.1) is 24.1 Å². The maximum Gasteiger partial charge on any atom is 0.407 e. The van der Waals surface area contributed by atoms with E-state index in [-0.39, 0.29) is 56.5 Å². The molecule has 0 radical (unpaired) electrons. The average Bonchev–Trinajstić information content (AvgIpc) is 3.66. The van der Waals surface area contributed by atoms with Crippen molar-refractivity contribution in [2.75, 3.05) is 0 Å². The predicted molar refractivity (Wildman–Crippen MR) is 154 cm³/mol. The molecule has 2 N–H and O–H groups in total. The Kier molecular flexibility index (Phi) is 7.59. The second-order valence-corrected chi connectivity index (χ2v) is 11.6. The van der Waals surface area contributed by atoms with Crippen LogP contribution in [-0.2, 0) is 18.3 Å². The summed E-state index contributed by atoms with van der Waals surface area (Å²) in [5, 5.41) is 23.0. The average molecular weight is 614 g/mol. The molecule has 5 rings (SSSR count). The molecule has 1 aliphatic rings. The summed E-state index contributed by atoms with van der Waals surface area (Å²) < 4.78 is 28.6. The van der Waals surface area contributed by atoms with E-state index < -0.39 is 23.1 Å². The Morgan fingerprint density at radius 1 is 1.33 bits per heavy atom. The number of benzene rings is 1. The van der Waals surface area contributed by atoms with E-state index in [1.54, 1.807) is 40.8 Å². The molecule has 3 aromatic heterocycles. The van der Waals surface area contributed by atoms with Crippen molar-refractivity contribution in [2.45, 2.75) is 58.8 Å². The van der Waals surface area contributed by atoms with Crippen LogP contribution in [0.1, 0.15) is 50.4 Å². The number of nitriles is 1. The Bertz CT molecular complexity index is 1850. The van der Waals surface area contributed by atoms with Crippen molar-refractivity contribution in [1.82, 2.24) is 30.3 Å². The summed E-state index contributed by atoms with van der Waals surface area (Å²) in [7, 11) is 1.62. The van der Waals surface area contributed by atoms with Crippen molar-refractivity contribution in [3.63, 3.8) is 0 Å². The van der Waals surface area contributed by atoms with Crippen LogP contribution < -0.4 is 15.6 Å². The molecular weight excluding hydrogens is 588 g/mol. The predicted octanol–water partition coefficient (Wildman–Crippen LogP) is 5.58. The standard InChI is InChI=1S/C28H26Cl2FN7O4/c1-12-19(22(31)21(29)15(9-32)24(12)41-13-6-7-13)23-16(10-34-38(23)5)17-8-14-18(11-33-27(40)42-28(2,3)4)36-37-26(39)20(14)25(30)35-17/h8,10,13H,6-7,11H2,1-5H3,(H,33,40)(H,37,39). The van der Waals surface area contributed by atoms with Crippen LogP contribution in [0.25, 0.3) is 33.3 Å². The van der Waals surface area contributed by atoms with E-state index in [1.807, 2.05) is 6.07 Å². The Morgan fingerprint density at radius 3 is 2.69 bits per heavy atom. The minimum Gasteiger partial charge on any atom is -0.489 e. The molecule has 0 unspecified atom stereocenters. The lowest BCUT2D eigenvalue weighted by Crippen LogP contribution is -2.32. The lowest BCUT2D eigenvalue weighted by Gasteiger charge is -2.19. The van der Waals surface area contributed by atoms with Gasteiger partial charge in [-0.25, -0.2) is 19.3 Å². The van der Waals surface area contributed by atoms with Crippen molar-refractivity contribution in [3.05, 3.63) is 55.4 Å². The molecule has 42 heavy (non-hydrogen) atoms. The molecule has 1 saturated carbocycles. The maximum absolute atomic E-state index is 15.9. The molecule has 1 aromatic carbocycles. The van der Waals surface area contributed by atoms with Gasteiger partial charge < -0.3 is 14.8 Å². The molecule has 0 spiro atoms. The minimum absolute atomic E-state index is 0.0609. The number of fused-ring (bicyclic) bond motifs is 1.